The van der Waals surface area contributed by atoms with Gasteiger partial charge < -0.3 is 5.32 Å². The minimum atomic E-state index is 0.768. The van der Waals surface area contributed by atoms with Crippen LogP contribution in [0.15, 0.2) is 22.7 Å². The standard InChI is InChI=1S/C14H20BrNS/c1-16-7-4-11-2-3-13(14(15)10-11)12-5-8-17-9-6-12/h2-3,10,12,16H,4-9H2,1H3. The molecular weight excluding hydrogens is 294 g/mol. The van der Waals surface area contributed by atoms with Crippen molar-refractivity contribution in [2.75, 3.05) is 25.1 Å². The molecule has 1 fully saturated rings. The van der Waals surface area contributed by atoms with Gasteiger partial charge >= 0.3 is 0 Å². The van der Waals surface area contributed by atoms with Crippen LogP contribution in [0.3, 0.4) is 0 Å². The average Bonchev–Trinajstić information content (AvgIpc) is 2.37. The van der Waals surface area contributed by atoms with Crippen molar-refractivity contribution in [2.24, 2.45) is 0 Å². The Morgan fingerprint density at radius 3 is 2.76 bits per heavy atom. The molecule has 0 amide bonds. The number of benzene rings is 1. The van der Waals surface area contributed by atoms with E-state index in [9.17, 15) is 0 Å². The molecule has 94 valence electrons. The molecule has 0 saturated carbocycles. The van der Waals surface area contributed by atoms with Crippen molar-refractivity contribution < 1.29 is 0 Å². The Balaban J connectivity index is 2.07. The van der Waals surface area contributed by atoms with Crippen LogP contribution in [-0.2, 0) is 6.42 Å². The van der Waals surface area contributed by atoms with Gasteiger partial charge in [0.1, 0.15) is 0 Å². The number of halogens is 1. The fourth-order valence-electron chi connectivity index (χ4n) is 2.34. The summed E-state index contributed by atoms with van der Waals surface area (Å²) >= 11 is 5.84. The predicted octanol–water partition coefficient (Wildman–Crippen LogP) is 3.82. The Hall–Kier alpha value is 0.01000. The normalized spacial score (nSPS) is 17.3. The van der Waals surface area contributed by atoms with Crippen LogP contribution in [-0.4, -0.2) is 25.1 Å². The average molecular weight is 314 g/mol. The van der Waals surface area contributed by atoms with Crippen LogP contribution in [0.5, 0.6) is 0 Å². The second kappa shape index (κ2) is 6.81. The van der Waals surface area contributed by atoms with Crippen LogP contribution in [0.25, 0.3) is 0 Å². The number of nitrogens with one attached hydrogen (secondary N) is 1. The fraction of sp³-hybridized carbons (Fsp3) is 0.571. The van der Waals surface area contributed by atoms with Crippen LogP contribution in [0.2, 0.25) is 0 Å². The molecule has 0 spiro atoms. The van der Waals surface area contributed by atoms with E-state index < -0.39 is 0 Å². The molecule has 1 N–H and O–H groups in total. The van der Waals surface area contributed by atoms with Crippen LogP contribution >= 0.6 is 27.7 Å². The molecule has 1 heterocycles. The van der Waals surface area contributed by atoms with E-state index in [1.807, 2.05) is 7.05 Å². The molecule has 1 aliphatic heterocycles. The van der Waals surface area contributed by atoms with Gasteiger partial charge in [-0.15, -0.1) is 0 Å². The lowest BCUT2D eigenvalue weighted by Gasteiger charge is -2.23. The van der Waals surface area contributed by atoms with Crippen molar-refractivity contribution in [3.8, 4) is 0 Å². The molecule has 1 saturated heterocycles. The maximum absolute atomic E-state index is 3.75. The molecule has 2 rings (SSSR count). The minimum Gasteiger partial charge on any atom is -0.319 e. The highest BCUT2D eigenvalue weighted by Crippen LogP contribution is 2.35. The Morgan fingerprint density at radius 2 is 2.12 bits per heavy atom. The van der Waals surface area contributed by atoms with Gasteiger partial charge in [-0.3, -0.25) is 0 Å². The molecule has 0 bridgehead atoms. The van der Waals surface area contributed by atoms with E-state index in [0.29, 0.717) is 0 Å². The zero-order valence-electron chi connectivity index (χ0n) is 10.3. The van der Waals surface area contributed by atoms with Gasteiger partial charge in [0, 0.05) is 4.47 Å². The van der Waals surface area contributed by atoms with Gasteiger partial charge in [-0.1, -0.05) is 28.1 Å². The summed E-state index contributed by atoms with van der Waals surface area (Å²) in [5.74, 6) is 3.40. The molecule has 1 aliphatic rings. The maximum atomic E-state index is 3.75. The van der Waals surface area contributed by atoms with Crippen LogP contribution < -0.4 is 5.32 Å². The molecule has 0 unspecified atom stereocenters. The van der Waals surface area contributed by atoms with Crippen molar-refractivity contribution in [3.63, 3.8) is 0 Å². The van der Waals surface area contributed by atoms with Crippen molar-refractivity contribution in [2.45, 2.75) is 25.2 Å². The monoisotopic (exact) mass is 313 g/mol. The van der Waals surface area contributed by atoms with Crippen LogP contribution in [0.4, 0.5) is 0 Å². The summed E-state index contributed by atoms with van der Waals surface area (Å²) in [6.45, 7) is 1.05. The largest absolute Gasteiger partial charge is 0.319 e. The van der Waals surface area contributed by atoms with Crippen molar-refractivity contribution >= 4 is 27.7 Å². The summed E-state index contributed by atoms with van der Waals surface area (Å²) in [6, 6.07) is 6.92. The number of likely N-dealkylation sites (N-methyl/N-ethyl adjacent to an activating group) is 1. The summed E-state index contributed by atoms with van der Waals surface area (Å²) in [5, 5.41) is 3.20. The molecule has 1 nitrogen and oxygen atoms in total. The fourth-order valence-corrected chi connectivity index (χ4v) is 4.19. The summed E-state index contributed by atoms with van der Waals surface area (Å²) in [4.78, 5) is 0. The minimum absolute atomic E-state index is 0.768. The smallest absolute Gasteiger partial charge is 0.0212 e. The summed E-state index contributed by atoms with van der Waals surface area (Å²) < 4.78 is 1.31. The topological polar surface area (TPSA) is 12.0 Å². The van der Waals surface area contributed by atoms with E-state index in [1.165, 1.54) is 39.9 Å². The number of hydrogen-bond acceptors (Lipinski definition) is 2. The van der Waals surface area contributed by atoms with E-state index >= 15 is 0 Å². The Kier molecular flexibility index (Phi) is 5.39. The summed E-state index contributed by atoms with van der Waals surface area (Å²) in [7, 11) is 2.00. The maximum Gasteiger partial charge on any atom is 0.0212 e. The molecule has 1 aromatic rings. The molecular formula is C14H20BrNS. The van der Waals surface area contributed by atoms with Crippen molar-refractivity contribution in [3.05, 3.63) is 33.8 Å². The van der Waals surface area contributed by atoms with E-state index in [2.05, 4.69) is 51.2 Å². The Labute approximate surface area is 117 Å². The first-order valence-electron chi connectivity index (χ1n) is 6.32. The number of rotatable bonds is 4. The molecule has 0 radical (unpaired) electrons. The molecule has 0 aromatic heterocycles. The van der Waals surface area contributed by atoms with Gasteiger partial charge in [0.05, 0.1) is 0 Å². The molecule has 0 atom stereocenters. The summed E-state index contributed by atoms with van der Waals surface area (Å²) in [6.07, 6.45) is 3.77. The third-order valence-electron chi connectivity index (χ3n) is 3.39. The van der Waals surface area contributed by atoms with Gasteiger partial charge in [0.15, 0.2) is 0 Å². The van der Waals surface area contributed by atoms with E-state index in [4.69, 9.17) is 0 Å². The van der Waals surface area contributed by atoms with Gasteiger partial charge in [0.25, 0.3) is 0 Å². The third kappa shape index (κ3) is 3.73. The Bertz CT molecular complexity index is 361. The van der Waals surface area contributed by atoms with Crippen molar-refractivity contribution in [1.82, 2.24) is 5.32 Å². The van der Waals surface area contributed by atoms with E-state index in [1.54, 1.807) is 0 Å². The third-order valence-corrected chi connectivity index (χ3v) is 5.13. The highest BCUT2D eigenvalue weighted by atomic mass is 79.9. The zero-order chi connectivity index (χ0) is 12.1. The highest BCUT2D eigenvalue weighted by Gasteiger charge is 2.17. The molecule has 17 heavy (non-hydrogen) atoms. The van der Waals surface area contributed by atoms with E-state index in [-0.39, 0.29) is 0 Å². The van der Waals surface area contributed by atoms with Crippen LogP contribution in [0.1, 0.15) is 29.9 Å². The predicted molar refractivity (Wildman–Crippen MR) is 81.1 cm³/mol. The van der Waals surface area contributed by atoms with Gasteiger partial charge in [-0.25, -0.2) is 0 Å². The van der Waals surface area contributed by atoms with Gasteiger partial charge in [-0.2, -0.15) is 11.8 Å². The lowest BCUT2D eigenvalue weighted by molar-refractivity contribution is 0.634. The van der Waals surface area contributed by atoms with Crippen molar-refractivity contribution in [1.29, 1.82) is 0 Å². The van der Waals surface area contributed by atoms with Crippen LogP contribution in [0, 0.1) is 0 Å². The molecule has 0 aliphatic carbocycles. The first kappa shape index (κ1) is 13.4. The lowest BCUT2D eigenvalue weighted by atomic mass is 9.92. The molecule has 3 heteroatoms. The molecule has 1 aromatic carbocycles. The van der Waals surface area contributed by atoms with E-state index in [0.717, 1.165) is 18.9 Å². The second-order valence-corrected chi connectivity index (χ2v) is 6.68. The first-order valence-corrected chi connectivity index (χ1v) is 8.26. The Morgan fingerprint density at radius 1 is 1.35 bits per heavy atom. The second-order valence-electron chi connectivity index (χ2n) is 4.60. The summed E-state index contributed by atoms with van der Waals surface area (Å²) in [5.41, 5.74) is 2.93. The number of thioether (sulfide) groups is 1. The first-order chi connectivity index (χ1) is 8.31. The number of hydrogen-bond donors (Lipinski definition) is 1. The van der Waals surface area contributed by atoms with Gasteiger partial charge in [0.2, 0.25) is 0 Å². The zero-order valence-corrected chi connectivity index (χ0v) is 12.7. The lowest BCUT2D eigenvalue weighted by Crippen LogP contribution is -2.11. The highest BCUT2D eigenvalue weighted by molar-refractivity contribution is 9.10. The van der Waals surface area contributed by atoms with Gasteiger partial charge in [-0.05, 0) is 67.5 Å². The quantitative estimate of drug-likeness (QED) is 0.907. The SMILES string of the molecule is CNCCc1ccc(C2CCSCC2)c(Br)c1.